The van der Waals surface area contributed by atoms with Gasteiger partial charge in [0.1, 0.15) is 0 Å². The quantitative estimate of drug-likeness (QED) is 0.368. The van der Waals surface area contributed by atoms with E-state index in [0.717, 1.165) is 12.1 Å². The molecule has 0 fully saturated rings. The molecule has 0 radical (unpaired) electrons. The Morgan fingerprint density at radius 2 is 1.36 bits per heavy atom. The van der Waals surface area contributed by atoms with E-state index in [2.05, 4.69) is 85.8 Å². The summed E-state index contributed by atoms with van der Waals surface area (Å²) < 4.78 is 0. The number of para-hydroxylation sites is 1. The molecule has 1 aliphatic heterocycles. The maximum atomic E-state index is 5.09. The second-order valence-corrected chi connectivity index (χ2v) is 6.71. The third-order valence-electron chi connectivity index (χ3n) is 5.32. The maximum Gasteiger partial charge on any atom is 0.0672 e. The van der Waals surface area contributed by atoms with Crippen LogP contribution in [0.25, 0.3) is 21.5 Å². The zero-order chi connectivity index (χ0) is 16.8. The van der Waals surface area contributed by atoms with Crippen molar-refractivity contribution >= 4 is 32.9 Å². The summed E-state index contributed by atoms with van der Waals surface area (Å²) in [6, 6.07) is 28.2. The first-order valence-electron chi connectivity index (χ1n) is 8.95. The Balaban J connectivity index is 1.88. The zero-order valence-corrected chi connectivity index (χ0v) is 14.2. The van der Waals surface area contributed by atoms with E-state index in [9.17, 15) is 0 Å². The van der Waals surface area contributed by atoms with Crippen LogP contribution in [0.5, 0.6) is 0 Å². The van der Waals surface area contributed by atoms with E-state index in [1.807, 2.05) is 0 Å². The van der Waals surface area contributed by atoms with Gasteiger partial charge in [0.05, 0.1) is 11.4 Å². The standard InChI is InChI=1S/C24H19N/c1-2-18-21-13-7-8-14-22(21)25-24(18)23-19-11-5-3-9-16(19)15-17-10-4-6-12-20(17)23/h3-15,18H,2H2,1H3. The van der Waals surface area contributed by atoms with Crippen LogP contribution >= 0.6 is 0 Å². The molecule has 0 aromatic heterocycles. The molecule has 0 bridgehead atoms. The van der Waals surface area contributed by atoms with Crippen molar-refractivity contribution < 1.29 is 0 Å². The molecule has 120 valence electrons. The SMILES string of the molecule is CCC1C(c2c3ccccc3cc3ccccc23)=Nc2ccccc21. The maximum absolute atomic E-state index is 5.09. The molecule has 0 spiro atoms. The normalized spacial score (nSPS) is 16.2. The van der Waals surface area contributed by atoms with E-state index >= 15 is 0 Å². The summed E-state index contributed by atoms with van der Waals surface area (Å²) >= 11 is 0. The largest absolute Gasteiger partial charge is 0.252 e. The molecule has 5 rings (SSSR count). The number of fused-ring (bicyclic) bond motifs is 3. The van der Waals surface area contributed by atoms with Gasteiger partial charge in [0.15, 0.2) is 0 Å². The smallest absolute Gasteiger partial charge is 0.0672 e. The average molecular weight is 321 g/mol. The van der Waals surface area contributed by atoms with E-state index in [1.165, 1.54) is 38.4 Å². The van der Waals surface area contributed by atoms with Crippen LogP contribution in [0.1, 0.15) is 30.4 Å². The molecule has 1 heteroatoms. The van der Waals surface area contributed by atoms with E-state index in [4.69, 9.17) is 4.99 Å². The van der Waals surface area contributed by atoms with Gasteiger partial charge in [-0.25, -0.2) is 0 Å². The molecule has 25 heavy (non-hydrogen) atoms. The Labute approximate surface area is 147 Å². The van der Waals surface area contributed by atoms with Gasteiger partial charge in [-0.05, 0) is 45.7 Å². The molecule has 0 saturated heterocycles. The van der Waals surface area contributed by atoms with Crippen LogP contribution in [0.15, 0.2) is 83.9 Å². The summed E-state index contributed by atoms with van der Waals surface area (Å²) in [4.78, 5) is 5.09. The number of rotatable bonds is 2. The summed E-state index contributed by atoms with van der Waals surface area (Å²) in [6.07, 6.45) is 1.06. The van der Waals surface area contributed by atoms with Crippen LogP contribution in [0.4, 0.5) is 5.69 Å². The van der Waals surface area contributed by atoms with Gasteiger partial charge in [-0.2, -0.15) is 0 Å². The van der Waals surface area contributed by atoms with Gasteiger partial charge in [0, 0.05) is 11.5 Å². The second-order valence-electron chi connectivity index (χ2n) is 6.71. The lowest BCUT2D eigenvalue weighted by atomic mass is 9.85. The Morgan fingerprint density at radius 3 is 2.04 bits per heavy atom. The van der Waals surface area contributed by atoms with Crippen LogP contribution in [-0.4, -0.2) is 5.71 Å². The predicted molar refractivity (Wildman–Crippen MR) is 107 cm³/mol. The van der Waals surface area contributed by atoms with E-state index in [-0.39, 0.29) is 0 Å². The minimum absolute atomic E-state index is 0.366. The van der Waals surface area contributed by atoms with Crippen LogP contribution in [-0.2, 0) is 0 Å². The van der Waals surface area contributed by atoms with Crippen molar-refractivity contribution in [1.29, 1.82) is 0 Å². The number of benzene rings is 4. The summed E-state index contributed by atoms with van der Waals surface area (Å²) in [5, 5.41) is 5.16. The van der Waals surface area contributed by atoms with Crippen molar-refractivity contribution in [3.05, 3.63) is 90.0 Å². The molecule has 1 aliphatic rings. The molecule has 0 saturated carbocycles. The number of nitrogens with zero attached hydrogens (tertiary/aromatic N) is 1. The number of aliphatic imine (C=N–C) groups is 1. The monoisotopic (exact) mass is 321 g/mol. The highest BCUT2D eigenvalue weighted by Gasteiger charge is 2.28. The lowest BCUT2D eigenvalue weighted by Crippen LogP contribution is -2.10. The summed E-state index contributed by atoms with van der Waals surface area (Å²) in [6.45, 7) is 2.26. The van der Waals surface area contributed by atoms with Gasteiger partial charge in [-0.3, -0.25) is 4.99 Å². The Hall–Kier alpha value is -2.93. The van der Waals surface area contributed by atoms with Gasteiger partial charge in [0.2, 0.25) is 0 Å². The fraction of sp³-hybridized carbons (Fsp3) is 0.125. The molecular weight excluding hydrogens is 302 g/mol. The molecular formula is C24H19N. The van der Waals surface area contributed by atoms with Gasteiger partial charge in [-0.1, -0.05) is 73.7 Å². The molecule has 1 heterocycles. The first kappa shape index (κ1) is 14.4. The highest BCUT2D eigenvalue weighted by molar-refractivity contribution is 6.24. The molecule has 4 aromatic rings. The van der Waals surface area contributed by atoms with Crippen LogP contribution in [0, 0.1) is 0 Å². The van der Waals surface area contributed by atoms with E-state index in [1.54, 1.807) is 0 Å². The van der Waals surface area contributed by atoms with Crippen molar-refractivity contribution in [3.8, 4) is 0 Å². The number of hydrogen-bond donors (Lipinski definition) is 0. The Morgan fingerprint density at radius 1 is 0.760 bits per heavy atom. The minimum atomic E-state index is 0.366. The van der Waals surface area contributed by atoms with Crippen molar-refractivity contribution in [1.82, 2.24) is 0 Å². The topological polar surface area (TPSA) is 12.4 Å². The van der Waals surface area contributed by atoms with Crippen molar-refractivity contribution in [2.24, 2.45) is 4.99 Å². The molecule has 0 N–H and O–H groups in total. The third-order valence-corrected chi connectivity index (χ3v) is 5.32. The highest BCUT2D eigenvalue weighted by atomic mass is 14.8. The first-order chi connectivity index (χ1) is 12.4. The molecule has 0 aliphatic carbocycles. The third kappa shape index (κ3) is 2.12. The van der Waals surface area contributed by atoms with Crippen LogP contribution in [0.2, 0.25) is 0 Å². The lowest BCUT2D eigenvalue weighted by molar-refractivity contribution is 0.863. The van der Waals surface area contributed by atoms with Gasteiger partial charge >= 0.3 is 0 Å². The summed E-state index contributed by atoms with van der Waals surface area (Å²) in [5.74, 6) is 0.366. The van der Waals surface area contributed by atoms with Gasteiger partial charge in [0.25, 0.3) is 0 Å². The van der Waals surface area contributed by atoms with E-state index in [0.29, 0.717) is 5.92 Å². The highest BCUT2D eigenvalue weighted by Crippen LogP contribution is 2.42. The summed E-state index contributed by atoms with van der Waals surface area (Å²) in [7, 11) is 0. The fourth-order valence-electron chi connectivity index (χ4n) is 4.17. The Bertz CT molecular complexity index is 1080. The second kappa shape index (κ2) is 5.56. The fourth-order valence-corrected chi connectivity index (χ4v) is 4.17. The zero-order valence-electron chi connectivity index (χ0n) is 14.2. The van der Waals surface area contributed by atoms with Crippen molar-refractivity contribution in [2.45, 2.75) is 19.3 Å². The van der Waals surface area contributed by atoms with E-state index < -0.39 is 0 Å². The van der Waals surface area contributed by atoms with Gasteiger partial charge in [-0.15, -0.1) is 0 Å². The van der Waals surface area contributed by atoms with Crippen LogP contribution < -0.4 is 0 Å². The first-order valence-corrected chi connectivity index (χ1v) is 8.95. The van der Waals surface area contributed by atoms with Crippen molar-refractivity contribution in [3.63, 3.8) is 0 Å². The predicted octanol–water partition coefficient (Wildman–Crippen LogP) is 6.62. The van der Waals surface area contributed by atoms with Crippen molar-refractivity contribution in [2.75, 3.05) is 0 Å². The molecule has 1 atom stereocenters. The van der Waals surface area contributed by atoms with Crippen LogP contribution in [0.3, 0.4) is 0 Å². The molecule has 1 nitrogen and oxygen atoms in total. The average Bonchev–Trinajstić information content (AvgIpc) is 3.04. The Kier molecular flexibility index (Phi) is 3.21. The minimum Gasteiger partial charge on any atom is -0.252 e. The lowest BCUT2D eigenvalue weighted by Gasteiger charge is -2.17. The molecule has 0 amide bonds. The molecule has 4 aromatic carbocycles. The number of hydrogen-bond acceptors (Lipinski definition) is 1. The molecule has 1 unspecified atom stereocenters. The summed E-state index contributed by atoms with van der Waals surface area (Å²) in [5.41, 5.74) is 5.01. The van der Waals surface area contributed by atoms with Gasteiger partial charge < -0.3 is 0 Å².